The molecule has 0 radical (unpaired) electrons. The van der Waals surface area contributed by atoms with Crippen LogP contribution in [0.3, 0.4) is 0 Å². The molecule has 6 atom stereocenters. The molecule has 3 aliphatic rings. The molecule has 146 valence electrons. The van der Waals surface area contributed by atoms with Gasteiger partial charge in [-0.3, -0.25) is 14.4 Å². The lowest BCUT2D eigenvalue weighted by Crippen LogP contribution is -2.65. The summed E-state index contributed by atoms with van der Waals surface area (Å²) >= 11 is 0. The minimum Gasteiger partial charge on any atom is -0.481 e. The maximum absolute atomic E-state index is 12.5. The van der Waals surface area contributed by atoms with E-state index >= 15 is 0 Å². The average Bonchev–Trinajstić information content (AvgIpc) is 2.62. The van der Waals surface area contributed by atoms with Crippen molar-refractivity contribution in [3.05, 3.63) is 0 Å². The zero-order chi connectivity index (χ0) is 19.7. The van der Waals surface area contributed by atoms with Crippen LogP contribution >= 0.6 is 0 Å². The summed E-state index contributed by atoms with van der Waals surface area (Å²) in [5, 5.41) is 30.3. The first-order valence-corrected chi connectivity index (χ1v) is 9.19. The number of aliphatic carboxylic acids is 2. The second kappa shape index (κ2) is 5.44. The molecule has 7 heteroatoms. The summed E-state index contributed by atoms with van der Waals surface area (Å²) in [6, 6.07) is 0. The number of rotatable bonds is 4. The Hall–Kier alpha value is -1.63. The normalized spacial score (nSPS) is 45.0. The van der Waals surface area contributed by atoms with Gasteiger partial charge in [-0.25, -0.2) is 0 Å². The van der Waals surface area contributed by atoms with Gasteiger partial charge in [-0.1, -0.05) is 6.92 Å². The summed E-state index contributed by atoms with van der Waals surface area (Å²) in [5.74, 6) is -3.21. The van der Waals surface area contributed by atoms with E-state index in [-0.39, 0.29) is 6.42 Å². The van der Waals surface area contributed by atoms with E-state index in [1.807, 2.05) is 0 Å². The lowest BCUT2D eigenvalue weighted by atomic mass is 9.44. The first kappa shape index (κ1) is 19.1. The Morgan fingerprint density at radius 2 is 1.81 bits per heavy atom. The lowest BCUT2D eigenvalue weighted by Gasteiger charge is -2.60. The first-order chi connectivity index (χ1) is 11.8. The largest absolute Gasteiger partial charge is 0.481 e. The summed E-state index contributed by atoms with van der Waals surface area (Å²) in [4.78, 5) is 36.0. The van der Waals surface area contributed by atoms with E-state index in [0.717, 1.165) is 0 Å². The zero-order valence-corrected chi connectivity index (χ0v) is 15.7. The van der Waals surface area contributed by atoms with Crippen LogP contribution in [0.5, 0.6) is 0 Å². The molecular weight excluding hydrogens is 340 g/mol. The summed E-state index contributed by atoms with van der Waals surface area (Å²) in [6.07, 6.45) is 0.478. The minimum atomic E-state index is -1.12. The van der Waals surface area contributed by atoms with Crippen LogP contribution in [-0.4, -0.2) is 44.9 Å². The van der Waals surface area contributed by atoms with Crippen LogP contribution in [0.25, 0.3) is 0 Å². The predicted octanol–water partition coefficient (Wildman–Crippen LogP) is 2.06. The number of aliphatic hydroxyl groups is 1. The SMILES string of the molecule is CC(C)(C(=O)O)C1CCC23OC(=O)C(C)(CCC2C1(C)CC(=O)O)C3O. The van der Waals surface area contributed by atoms with Crippen molar-refractivity contribution in [2.24, 2.45) is 28.1 Å². The second-order valence-corrected chi connectivity index (χ2v) is 9.45. The lowest BCUT2D eigenvalue weighted by molar-refractivity contribution is -0.215. The monoisotopic (exact) mass is 368 g/mol. The number of carbonyl (C=O) groups is 3. The summed E-state index contributed by atoms with van der Waals surface area (Å²) in [5.41, 5.74) is -4.10. The highest BCUT2D eigenvalue weighted by molar-refractivity contribution is 5.81. The molecule has 7 nitrogen and oxygen atoms in total. The van der Waals surface area contributed by atoms with Gasteiger partial charge in [-0.05, 0) is 57.8 Å². The Labute approximate surface area is 152 Å². The van der Waals surface area contributed by atoms with Crippen molar-refractivity contribution in [3.63, 3.8) is 0 Å². The number of fused-ring (bicyclic) bond motifs is 1. The Kier molecular flexibility index (Phi) is 4.00. The Morgan fingerprint density at radius 3 is 2.35 bits per heavy atom. The van der Waals surface area contributed by atoms with Crippen molar-refractivity contribution in [2.45, 2.75) is 71.5 Å². The number of esters is 1. The van der Waals surface area contributed by atoms with Gasteiger partial charge in [0.25, 0.3) is 0 Å². The number of carbonyl (C=O) groups excluding carboxylic acids is 1. The fraction of sp³-hybridized carbons (Fsp3) is 0.842. The number of hydrogen-bond acceptors (Lipinski definition) is 5. The van der Waals surface area contributed by atoms with Crippen molar-refractivity contribution in [3.8, 4) is 0 Å². The number of aliphatic hydroxyl groups excluding tert-OH is 1. The fourth-order valence-electron chi connectivity index (χ4n) is 6.28. The molecular formula is C19H28O7. The molecule has 2 aliphatic carbocycles. The quantitative estimate of drug-likeness (QED) is 0.649. The van der Waals surface area contributed by atoms with Crippen molar-refractivity contribution in [2.75, 3.05) is 0 Å². The Bertz CT molecular complexity index is 671. The second-order valence-electron chi connectivity index (χ2n) is 9.45. The molecule has 2 bridgehead atoms. The number of hydrogen-bond donors (Lipinski definition) is 3. The van der Waals surface area contributed by atoms with Gasteiger partial charge in [0.2, 0.25) is 0 Å². The van der Waals surface area contributed by atoms with Crippen LogP contribution in [0.1, 0.15) is 59.8 Å². The molecule has 1 saturated heterocycles. The van der Waals surface area contributed by atoms with Crippen LogP contribution in [0.15, 0.2) is 0 Å². The number of carboxylic acid groups (broad SMARTS) is 2. The highest BCUT2D eigenvalue weighted by atomic mass is 16.6. The highest BCUT2D eigenvalue weighted by Gasteiger charge is 2.73. The zero-order valence-electron chi connectivity index (χ0n) is 15.7. The van der Waals surface area contributed by atoms with Gasteiger partial charge in [0.1, 0.15) is 11.7 Å². The molecule has 2 saturated carbocycles. The van der Waals surface area contributed by atoms with Crippen LogP contribution in [-0.2, 0) is 19.1 Å². The van der Waals surface area contributed by atoms with E-state index < -0.39 is 57.7 Å². The van der Waals surface area contributed by atoms with E-state index in [9.17, 15) is 29.7 Å². The maximum atomic E-state index is 12.5. The third kappa shape index (κ3) is 2.19. The molecule has 26 heavy (non-hydrogen) atoms. The van der Waals surface area contributed by atoms with Gasteiger partial charge in [0, 0.05) is 5.92 Å². The van der Waals surface area contributed by atoms with Gasteiger partial charge >= 0.3 is 17.9 Å². The van der Waals surface area contributed by atoms with E-state index in [1.54, 1.807) is 27.7 Å². The smallest absolute Gasteiger partial charge is 0.315 e. The standard InChI is InChI=1S/C19H28O7/c1-16(2,14(23)24)10-6-8-19-11(18(10,4)9-12(20)21)5-7-17(3,13(19)22)15(25)26-19/h10-11,13,22H,5-9H2,1-4H3,(H,20,21)(H,23,24). The van der Waals surface area contributed by atoms with Crippen molar-refractivity contribution < 1.29 is 34.4 Å². The molecule has 1 heterocycles. The molecule has 0 aromatic rings. The molecule has 0 aromatic heterocycles. The summed E-state index contributed by atoms with van der Waals surface area (Å²) in [6.45, 7) is 6.75. The summed E-state index contributed by atoms with van der Waals surface area (Å²) < 4.78 is 5.76. The van der Waals surface area contributed by atoms with Gasteiger partial charge in [-0.15, -0.1) is 0 Å². The van der Waals surface area contributed by atoms with Crippen LogP contribution in [0.4, 0.5) is 0 Å². The summed E-state index contributed by atoms with van der Waals surface area (Å²) in [7, 11) is 0. The molecule has 0 aromatic carbocycles. The van der Waals surface area contributed by atoms with Gasteiger partial charge in [0.05, 0.1) is 17.3 Å². The Balaban J connectivity index is 2.11. The van der Waals surface area contributed by atoms with E-state index in [4.69, 9.17) is 4.74 Å². The number of ether oxygens (including phenoxy) is 1. The highest BCUT2D eigenvalue weighted by Crippen LogP contribution is 2.67. The van der Waals surface area contributed by atoms with E-state index in [0.29, 0.717) is 25.7 Å². The molecule has 1 spiro atoms. The molecule has 0 amide bonds. The van der Waals surface area contributed by atoms with Crippen LogP contribution in [0, 0.1) is 28.1 Å². The number of carboxylic acids is 2. The van der Waals surface area contributed by atoms with Crippen LogP contribution in [0.2, 0.25) is 0 Å². The van der Waals surface area contributed by atoms with Crippen molar-refractivity contribution >= 4 is 17.9 Å². The van der Waals surface area contributed by atoms with E-state index in [2.05, 4.69) is 0 Å². The Morgan fingerprint density at radius 1 is 1.19 bits per heavy atom. The fourth-order valence-corrected chi connectivity index (χ4v) is 6.28. The third-order valence-corrected chi connectivity index (χ3v) is 7.73. The molecule has 6 unspecified atom stereocenters. The van der Waals surface area contributed by atoms with Crippen molar-refractivity contribution in [1.29, 1.82) is 0 Å². The first-order valence-electron chi connectivity index (χ1n) is 9.19. The molecule has 1 aliphatic heterocycles. The molecule has 3 N–H and O–H groups in total. The van der Waals surface area contributed by atoms with Gasteiger partial charge in [-0.2, -0.15) is 0 Å². The third-order valence-electron chi connectivity index (χ3n) is 7.73. The topological polar surface area (TPSA) is 121 Å². The molecule has 3 fully saturated rings. The average molecular weight is 368 g/mol. The van der Waals surface area contributed by atoms with Gasteiger partial charge < -0.3 is 20.1 Å². The van der Waals surface area contributed by atoms with Crippen LogP contribution < -0.4 is 0 Å². The predicted molar refractivity (Wildman–Crippen MR) is 90.2 cm³/mol. The van der Waals surface area contributed by atoms with Gasteiger partial charge in [0.15, 0.2) is 0 Å². The minimum absolute atomic E-state index is 0.220. The maximum Gasteiger partial charge on any atom is 0.315 e. The molecule has 3 rings (SSSR count). The van der Waals surface area contributed by atoms with Crippen molar-refractivity contribution in [1.82, 2.24) is 0 Å². The van der Waals surface area contributed by atoms with E-state index in [1.165, 1.54) is 0 Å².